The zero-order chi connectivity index (χ0) is 18.0. The van der Waals surface area contributed by atoms with Gasteiger partial charge in [0.15, 0.2) is 0 Å². The highest BCUT2D eigenvalue weighted by Crippen LogP contribution is 2.32. The highest BCUT2D eigenvalue weighted by atomic mass is 32.1. The summed E-state index contributed by atoms with van der Waals surface area (Å²) in [6.45, 7) is 2.20. The number of carbonyl (C=O) groups is 1. The summed E-state index contributed by atoms with van der Waals surface area (Å²) in [6, 6.07) is 5.27. The van der Waals surface area contributed by atoms with Crippen LogP contribution in [0, 0.1) is 16.0 Å². The highest BCUT2D eigenvalue weighted by molar-refractivity contribution is 7.14. The molecule has 0 aliphatic heterocycles. The monoisotopic (exact) mass is 358 g/mol. The van der Waals surface area contributed by atoms with E-state index in [1.807, 2.05) is 6.07 Å². The van der Waals surface area contributed by atoms with Gasteiger partial charge in [-0.1, -0.05) is 18.7 Å². The molecule has 0 saturated heterocycles. The van der Waals surface area contributed by atoms with Crippen LogP contribution in [0.2, 0.25) is 0 Å². The van der Waals surface area contributed by atoms with Gasteiger partial charge >= 0.3 is 0 Å². The number of benzene rings is 1. The molecule has 1 aliphatic carbocycles. The van der Waals surface area contributed by atoms with Crippen molar-refractivity contribution >= 4 is 29.1 Å². The minimum absolute atomic E-state index is 0.0498. The second-order valence-corrected chi connectivity index (χ2v) is 7.22. The number of hydrogen-bond donors (Lipinski definition) is 1. The summed E-state index contributed by atoms with van der Waals surface area (Å²) in [5.74, 6) is -0.120. The lowest BCUT2D eigenvalue weighted by molar-refractivity contribution is -0.385. The van der Waals surface area contributed by atoms with Crippen LogP contribution < -0.4 is 10.5 Å². The van der Waals surface area contributed by atoms with Crippen LogP contribution in [0.15, 0.2) is 29.4 Å². The standard InChI is InChI=1S/C17H17N3O4S/c1-10-2-5-15-11(6-10)8-16(25-15)17(22)19-18-9-12-7-13(20(23)24)3-4-14(12)21/h3-4,7-10,21H,2,5-6H2,1H3,(H,19,22)/p-1/b18-9-/t10-/m1/s1. The lowest BCUT2D eigenvalue weighted by Gasteiger charge is -2.16. The van der Waals surface area contributed by atoms with Gasteiger partial charge in [0.1, 0.15) is 0 Å². The van der Waals surface area contributed by atoms with Crippen molar-refractivity contribution in [1.29, 1.82) is 0 Å². The molecule has 1 aliphatic rings. The molecule has 130 valence electrons. The number of nitro groups is 1. The zero-order valence-electron chi connectivity index (χ0n) is 13.5. The largest absolute Gasteiger partial charge is 0.872 e. The molecule has 0 fully saturated rings. The minimum Gasteiger partial charge on any atom is -0.872 e. The van der Waals surface area contributed by atoms with Gasteiger partial charge in [0.2, 0.25) is 0 Å². The van der Waals surface area contributed by atoms with E-state index in [4.69, 9.17) is 0 Å². The maximum absolute atomic E-state index is 12.2. The number of carbonyl (C=O) groups excluding carboxylic acids is 1. The number of nitrogens with one attached hydrogen (secondary N) is 1. The molecule has 7 nitrogen and oxygen atoms in total. The first kappa shape index (κ1) is 17.1. The Labute approximate surface area is 148 Å². The zero-order valence-corrected chi connectivity index (χ0v) is 14.3. The second-order valence-electron chi connectivity index (χ2n) is 6.09. The van der Waals surface area contributed by atoms with Crippen LogP contribution in [0.3, 0.4) is 0 Å². The van der Waals surface area contributed by atoms with Gasteiger partial charge in [-0.25, -0.2) is 5.43 Å². The number of hydrogen-bond acceptors (Lipinski definition) is 6. The molecular weight excluding hydrogens is 342 g/mol. The van der Waals surface area contributed by atoms with Crippen molar-refractivity contribution in [1.82, 2.24) is 5.43 Å². The SMILES string of the molecule is C[C@@H]1CCc2sc(C(=O)N/N=C\c3cc([N+](=O)[O-])ccc3[O-])cc2C1. The molecule has 0 saturated carbocycles. The average Bonchev–Trinajstić information content (AvgIpc) is 2.99. The number of hydrazone groups is 1. The first-order chi connectivity index (χ1) is 11.9. The van der Waals surface area contributed by atoms with E-state index in [1.54, 1.807) is 0 Å². The Kier molecular flexibility index (Phi) is 4.80. The molecule has 1 aromatic carbocycles. The van der Waals surface area contributed by atoms with Crippen molar-refractivity contribution in [2.45, 2.75) is 26.2 Å². The van der Waals surface area contributed by atoms with Crippen molar-refractivity contribution < 1.29 is 14.8 Å². The van der Waals surface area contributed by atoms with E-state index in [0.29, 0.717) is 10.8 Å². The average molecular weight is 358 g/mol. The Bertz CT molecular complexity index is 860. The summed E-state index contributed by atoms with van der Waals surface area (Å²) >= 11 is 1.46. The Hall–Kier alpha value is -2.74. The molecule has 8 heteroatoms. The number of aryl methyl sites for hydroxylation is 1. The van der Waals surface area contributed by atoms with Crippen molar-refractivity contribution in [2.24, 2.45) is 11.0 Å². The van der Waals surface area contributed by atoms with E-state index in [0.717, 1.165) is 43.7 Å². The van der Waals surface area contributed by atoms with Crippen LogP contribution in [0.25, 0.3) is 0 Å². The number of nitro benzene ring substituents is 1. The van der Waals surface area contributed by atoms with Gasteiger partial charge in [-0.3, -0.25) is 14.9 Å². The molecule has 3 rings (SSSR count). The van der Waals surface area contributed by atoms with Gasteiger partial charge in [-0.15, -0.1) is 11.3 Å². The van der Waals surface area contributed by atoms with Gasteiger partial charge in [-0.05, 0) is 42.4 Å². The Morgan fingerprint density at radius 2 is 2.24 bits per heavy atom. The second kappa shape index (κ2) is 7.02. The molecular formula is C17H16N3O4S-. The number of rotatable bonds is 4. The molecule has 2 aromatic rings. The normalized spacial score (nSPS) is 16.6. The van der Waals surface area contributed by atoms with Crippen LogP contribution in [-0.4, -0.2) is 17.0 Å². The molecule has 25 heavy (non-hydrogen) atoms. The number of nitrogens with zero attached hydrogens (tertiary/aromatic N) is 2. The molecule has 1 aromatic heterocycles. The van der Waals surface area contributed by atoms with Crippen LogP contribution in [0.4, 0.5) is 5.69 Å². The number of thiophene rings is 1. The fourth-order valence-corrected chi connectivity index (χ4v) is 3.88. The minimum atomic E-state index is -0.591. The third-order valence-electron chi connectivity index (χ3n) is 4.13. The van der Waals surface area contributed by atoms with Crippen molar-refractivity contribution in [3.8, 4) is 5.75 Å². The lowest BCUT2D eigenvalue weighted by Crippen LogP contribution is -2.16. The third-order valence-corrected chi connectivity index (χ3v) is 5.36. The summed E-state index contributed by atoms with van der Waals surface area (Å²) in [5.41, 5.74) is 3.44. The van der Waals surface area contributed by atoms with Gasteiger partial charge < -0.3 is 5.11 Å². The van der Waals surface area contributed by atoms with E-state index in [1.165, 1.54) is 21.8 Å². The molecule has 1 atom stereocenters. The van der Waals surface area contributed by atoms with E-state index < -0.39 is 10.7 Å². The summed E-state index contributed by atoms with van der Waals surface area (Å²) in [5, 5.41) is 26.2. The molecule has 1 N–H and O–H groups in total. The lowest BCUT2D eigenvalue weighted by atomic mass is 9.90. The quantitative estimate of drug-likeness (QED) is 0.515. The van der Waals surface area contributed by atoms with E-state index in [9.17, 15) is 20.0 Å². The van der Waals surface area contributed by atoms with Gasteiger partial charge in [0, 0.05) is 17.0 Å². The van der Waals surface area contributed by atoms with E-state index in [2.05, 4.69) is 17.5 Å². The predicted octanol–water partition coefficient (Wildman–Crippen LogP) is 2.62. The van der Waals surface area contributed by atoms with E-state index in [-0.39, 0.29) is 17.2 Å². The summed E-state index contributed by atoms with van der Waals surface area (Å²) in [7, 11) is 0. The molecule has 0 unspecified atom stereocenters. The van der Waals surface area contributed by atoms with Crippen molar-refractivity contribution in [3.05, 3.63) is 55.3 Å². The first-order valence-electron chi connectivity index (χ1n) is 7.84. The molecule has 1 heterocycles. The van der Waals surface area contributed by atoms with Gasteiger partial charge in [-0.2, -0.15) is 5.10 Å². The Balaban J connectivity index is 1.69. The van der Waals surface area contributed by atoms with Crippen molar-refractivity contribution in [3.63, 3.8) is 0 Å². The fourth-order valence-electron chi connectivity index (χ4n) is 2.78. The Morgan fingerprint density at radius 1 is 1.44 bits per heavy atom. The maximum atomic E-state index is 12.2. The maximum Gasteiger partial charge on any atom is 0.281 e. The molecule has 1 amide bonds. The summed E-state index contributed by atoms with van der Waals surface area (Å²) < 4.78 is 0. The van der Waals surface area contributed by atoms with Crippen LogP contribution >= 0.6 is 11.3 Å². The van der Waals surface area contributed by atoms with Crippen molar-refractivity contribution in [2.75, 3.05) is 0 Å². The summed E-state index contributed by atoms with van der Waals surface area (Å²) in [4.78, 5) is 24.2. The molecule has 0 bridgehead atoms. The summed E-state index contributed by atoms with van der Waals surface area (Å²) in [6.07, 6.45) is 4.23. The Morgan fingerprint density at radius 3 is 3.00 bits per heavy atom. The van der Waals surface area contributed by atoms with Crippen LogP contribution in [0.5, 0.6) is 5.75 Å². The first-order valence-corrected chi connectivity index (χ1v) is 8.66. The van der Waals surface area contributed by atoms with Gasteiger partial charge in [0.05, 0.1) is 16.0 Å². The number of fused-ring (bicyclic) bond motifs is 1. The molecule has 0 radical (unpaired) electrons. The third kappa shape index (κ3) is 3.85. The van der Waals surface area contributed by atoms with E-state index >= 15 is 0 Å². The predicted molar refractivity (Wildman–Crippen MR) is 93.1 cm³/mol. The van der Waals surface area contributed by atoms with Crippen LogP contribution in [-0.2, 0) is 12.8 Å². The fraction of sp³-hybridized carbons (Fsp3) is 0.294. The number of amides is 1. The smallest absolute Gasteiger partial charge is 0.281 e. The topological polar surface area (TPSA) is 108 Å². The van der Waals surface area contributed by atoms with Gasteiger partial charge in [0.25, 0.3) is 11.6 Å². The van der Waals surface area contributed by atoms with Crippen LogP contribution in [0.1, 0.15) is 39.0 Å². The number of non-ortho nitro benzene ring substituents is 1. The highest BCUT2D eigenvalue weighted by Gasteiger charge is 2.20. The molecule has 0 spiro atoms.